The monoisotopic (exact) mass is 378 g/mol. The average Bonchev–Trinajstić information content (AvgIpc) is 2.77. The van der Waals surface area contributed by atoms with Gasteiger partial charge in [-0.3, -0.25) is 10.2 Å². The van der Waals surface area contributed by atoms with Crippen molar-refractivity contribution in [2.45, 2.75) is 64.2 Å². The zero-order valence-electron chi connectivity index (χ0n) is 16.2. The number of nitrogens with zero attached hydrogens (tertiary/aromatic N) is 1. The molecule has 2 aromatic carbocycles. The van der Waals surface area contributed by atoms with Crippen LogP contribution >= 0.6 is 0 Å². The number of fused-ring (bicyclic) bond motifs is 1. The highest BCUT2D eigenvalue weighted by atomic mass is 19.4. The van der Waals surface area contributed by atoms with Crippen LogP contribution in [0.2, 0.25) is 0 Å². The molecule has 146 valence electrons. The molecule has 0 aliphatic carbocycles. The molecular formula is C21H25F3N2O. The number of rotatable bonds is 2. The Balaban J connectivity index is 2.24. The Morgan fingerprint density at radius 2 is 1.78 bits per heavy atom. The molecule has 6 heteroatoms. The van der Waals surface area contributed by atoms with E-state index in [1.54, 1.807) is 19.9 Å². The van der Waals surface area contributed by atoms with E-state index in [9.17, 15) is 18.0 Å². The van der Waals surface area contributed by atoms with Gasteiger partial charge in [-0.15, -0.1) is 0 Å². The molecule has 1 atom stereocenters. The van der Waals surface area contributed by atoms with E-state index in [2.05, 4.69) is 5.43 Å². The second kappa shape index (κ2) is 6.23. The van der Waals surface area contributed by atoms with Crippen LogP contribution in [0, 0.1) is 0 Å². The summed E-state index contributed by atoms with van der Waals surface area (Å²) in [4.78, 5) is 11.9. The second-order valence-corrected chi connectivity index (χ2v) is 8.87. The first-order valence-corrected chi connectivity index (χ1v) is 8.99. The second-order valence-electron chi connectivity index (χ2n) is 8.87. The number of nitrogens with one attached hydrogen (secondary N) is 1. The van der Waals surface area contributed by atoms with Gasteiger partial charge in [0.1, 0.15) is 0 Å². The first-order chi connectivity index (χ1) is 12.3. The van der Waals surface area contributed by atoms with Crippen molar-refractivity contribution in [1.29, 1.82) is 0 Å². The molecule has 1 aliphatic heterocycles. The molecule has 0 aromatic heterocycles. The molecule has 0 saturated carbocycles. The zero-order chi connectivity index (χ0) is 20.2. The zero-order valence-corrected chi connectivity index (χ0v) is 16.2. The van der Waals surface area contributed by atoms with E-state index in [0.717, 1.165) is 16.0 Å². The smallest absolute Gasteiger partial charge is 0.287 e. The number of carbonyl (C=O) groups excluding carboxylic acids is 1. The molecule has 1 saturated heterocycles. The van der Waals surface area contributed by atoms with E-state index < -0.39 is 23.7 Å². The van der Waals surface area contributed by atoms with E-state index in [1.165, 1.54) is 6.07 Å². The Kier molecular flexibility index (Phi) is 4.54. The van der Waals surface area contributed by atoms with Gasteiger partial charge in [0.2, 0.25) is 5.91 Å². The van der Waals surface area contributed by atoms with Crippen molar-refractivity contribution < 1.29 is 18.0 Å². The van der Waals surface area contributed by atoms with Crippen molar-refractivity contribution in [2.24, 2.45) is 0 Å². The molecular weight excluding hydrogens is 353 g/mol. The first-order valence-electron chi connectivity index (χ1n) is 8.99. The minimum atomic E-state index is -4.54. The molecule has 2 aromatic rings. The van der Waals surface area contributed by atoms with Crippen LogP contribution in [0.25, 0.3) is 10.8 Å². The third-order valence-corrected chi connectivity index (χ3v) is 5.14. The van der Waals surface area contributed by atoms with E-state index in [-0.39, 0.29) is 17.4 Å². The predicted molar refractivity (Wildman–Crippen MR) is 100 cm³/mol. The molecule has 1 heterocycles. The quantitative estimate of drug-likeness (QED) is 0.773. The minimum Gasteiger partial charge on any atom is -0.287 e. The van der Waals surface area contributed by atoms with Crippen LogP contribution in [0.1, 0.15) is 58.2 Å². The van der Waals surface area contributed by atoms with Crippen LogP contribution in [0.3, 0.4) is 0 Å². The van der Waals surface area contributed by atoms with Crippen molar-refractivity contribution in [3.8, 4) is 0 Å². The van der Waals surface area contributed by atoms with Crippen LogP contribution in [0.15, 0.2) is 36.4 Å². The number of carbonyl (C=O) groups is 1. The molecule has 0 bridgehead atoms. The van der Waals surface area contributed by atoms with Gasteiger partial charge in [0.05, 0.1) is 0 Å². The number of hydrogen-bond donors (Lipinski definition) is 1. The molecule has 1 amide bonds. The molecule has 0 spiro atoms. The van der Waals surface area contributed by atoms with Gasteiger partial charge in [-0.05, 0) is 41.2 Å². The van der Waals surface area contributed by atoms with Crippen LogP contribution in [0.4, 0.5) is 13.2 Å². The van der Waals surface area contributed by atoms with Crippen molar-refractivity contribution >= 4 is 16.7 Å². The maximum atomic E-state index is 14.2. The summed E-state index contributed by atoms with van der Waals surface area (Å²) < 4.78 is 42.6. The summed E-state index contributed by atoms with van der Waals surface area (Å²) in [6, 6.07) is 8.70. The highest BCUT2D eigenvalue weighted by Crippen LogP contribution is 2.45. The van der Waals surface area contributed by atoms with E-state index in [4.69, 9.17) is 0 Å². The van der Waals surface area contributed by atoms with Crippen LogP contribution in [0.5, 0.6) is 0 Å². The molecule has 1 fully saturated rings. The number of amides is 1. The fourth-order valence-electron chi connectivity index (χ4n) is 3.68. The van der Waals surface area contributed by atoms with Crippen molar-refractivity contribution in [2.75, 3.05) is 0 Å². The summed E-state index contributed by atoms with van der Waals surface area (Å²) in [5, 5.41) is 2.37. The van der Waals surface area contributed by atoms with Gasteiger partial charge in [-0.1, -0.05) is 57.2 Å². The molecule has 1 aliphatic rings. The van der Waals surface area contributed by atoms with Crippen LogP contribution in [-0.4, -0.2) is 22.6 Å². The average molecular weight is 378 g/mol. The van der Waals surface area contributed by atoms with E-state index in [1.807, 2.05) is 45.0 Å². The molecule has 3 nitrogen and oxygen atoms in total. The lowest BCUT2D eigenvalue weighted by Gasteiger charge is -2.38. The summed E-state index contributed by atoms with van der Waals surface area (Å²) in [5.74, 6) is -0.398. The lowest BCUT2D eigenvalue weighted by Crippen LogP contribution is -2.51. The SMILES string of the molecule is CC(C)(C)c1ccc2cccc([C@H](N3NC(=O)CC3(C)C)C(F)(F)F)c2c1. The lowest BCUT2D eigenvalue weighted by molar-refractivity contribution is -0.203. The topological polar surface area (TPSA) is 32.3 Å². The summed E-state index contributed by atoms with van der Waals surface area (Å²) in [5.41, 5.74) is 2.43. The third-order valence-electron chi connectivity index (χ3n) is 5.14. The van der Waals surface area contributed by atoms with Gasteiger partial charge in [0, 0.05) is 12.0 Å². The molecule has 0 radical (unpaired) electrons. The molecule has 1 N–H and O–H groups in total. The van der Waals surface area contributed by atoms with Gasteiger partial charge in [0.25, 0.3) is 0 Å². The predicted octanol–water partition coefficient (Wildman–Crippen LogP) is 5.26. The Morgan fingerprint density at radius 3 is 2.30 bits per heavy atom. The fraction of sp³-hybridized carbons (Fsp3) is 0.476. The highest BCUT2D eigenvalue weighted by molar-refractivity contribution is 5.87. The van der Waals surface area contributed by atoms with Crippen molar-refractivity contribution in [3.63, 3.8) is 0 Å². The highest BCUT2D eigenvalue weighted by Gasteiger charge is 2.53. The Bertz CT molecular complexity index is 881. The maximum absolute atomic E-state index is 14.2. The summed E-state index contributed by atoms with van der Waals surface area (Å²) in [6.45, 7) is 9.39. The van der Waals surface area contributed by atoms with Crippen LogP contribution < -0.4 is 5.43 Å². The number of hydrogen-bond acceptors (Lipinski definition) is 2. The molecule has 0 unspecified atom stereocenters. The van der Waals surface area contributed by atoms with Gasteiger partial charge < -0.3 is 0 Å². The Labute approximate surface area is 157 Å². The number of halogens is 3. The molecule has 27 heavy (non-hydrogen) atoms. The Hall–Kier alpha value is -2.08. The van der Waals surface area contributed by atoms with Crippen molar-refractivity contribution in [1.82, 2.24) is 10.4 Å². The van der Waals surface area contributed by atoms with Gasteiger partial charge in [0.15, 0.2) is 6.04 Å². The minimum absolute atomic E-state index is 0.0254. The van der Waals surface area contributed by atoms with E-state index >= 15 is 0 Å². The normalized spacial score (nSPS) is 19.3. The summed E-state index contributed by atoms with van der Waals surface area (Å²) >= 11 is 0. The third kappa shape index (κ3) is 3.68. The lowest BCUT2D eigenvalue weighted by atomic mass is 9.84. The van der Waals surface area contributed by atoms with Gasteiger partial charge >= 0.3 is 6.18 Å². The largest absolute Gasteiger partial charge is 0.409 e. The summed E-state index contributed by atoms with van der Waals surface area (Å²) in [7, 11) is 0. The molecule has 3 rings (SSSR count). The standard InChI is InChI=1S/C21H25F3N2O/c1-19(2,3)14-10-9-13-7-6-8-15(16(13)11-14)18(21(22,23)24)26-20(4,5)12-17(27)25-26/h6-11,18H,12H2,1-5H3,(H,25,27)/t18-/m0/s1. The number of hydrazine groups is 1. The first kappa shape index (κ1) is 19.7. The van der Waals surface area contributed by atoms with Crippen molar-refractivity contribution in [3.05, 3.63) is 47.5 Å². The van der Waals surface area contributed by atoms with Gasteiger partial charge in [-0.25, -0.2) is 0 Å². The number of benzene rings is 2. The van der Waals surface area contributed by atoms with E-state index in [0.29, 0.717) is 5.39 Å². The Morgan fingerprint density at radius 1 is 1.11 bits per heavy atom. The number of alkyl halides is 3. The summed E-state index contributed by atoms with van der Waals surface area (Å²) in [6.07, 6.45) is -4.52. The fourth-order valence-corrected chi connectivity index (χ4v) is 3.68. The van der Waals surface area contributed by atoms with Gasteiger partial charge in [-0.2, -0.15) is 18.2 Å². The van der Waals surface area contributed by atoms with Crippen LogP contribution in [-0.2, 0) is 10.2 Å². The maximum Gasteiger partial charge on any atom is 0.409 e.